The second-order valence-corrected chi connectivity index (χ2v) is 10.8. The van der Waals surface area contributed by atoms with E-state index in [2.05, 4.69) is 19.8 Å². The fourth-order valence-electron chi connectivity index (χ4n) is 3.06. The van der Waals surface area contributed by atoms with E-state index in [1.165, 1.54) is 17.2 Å². The summed E-state index contributed by atoms with van der Waals surface area (Å²) in [6.45, 7) is 0. The third kappa shape index (κ3) is 3.77. The number of halogens is 1. The summed E-state index contributed by atoms with van der Waals surface area (Å²) in [4.78, 5) is 6.26. The number of anilines is 1. The molecular weight excluding hydrogens is 426 g/mol. The summed E-state index contributed by atoms with van der Waals surface area (Å²) < 4.78 is 52.9. The van der Waals surface area contributed by atoms with Crippen molar-refractivity contribution in [3.8, 4) is 11.3 Å². The lowest BCUT2D eigenvalue weighted by Crippen LogP contribution is -2.20. The minimum Gasteiger partial charge on any atom is -0.334 e. The molecule has 3 heterocycles. The van der Waals surface area contributed by atoms with Gasteiger partial charge in [0.15, 0.2) is 14.9 Å². The third-order valence-corrected chi connectivity index (χ3v) is 7.71. The lowest BCUT2D eigenvalue weighted by molar-refractivity contribution is 0.507. The number of hydrogen-bond acceptors (Lipinski definition) is 6. The number of nitrogens with zero attached hydrogens (tertiary/aromatic N) is 3. The van der Waals surface area contributed by atoms with Gasteiger partial charge in [-0.1, -0.05) is 23.7 Å². The maximum atomic E-state index is 12.6. The maximum absolute atomic E-state index is 12.6. The molecule has 0 spiro atoms. The Morgan fingerprint density at radius 1 is 1.25 bits per heavy atom. The largest absolute Gasteiger partial charge is 0.334 e. The number of hydrogen-bond donors (Lipinski definition) is 2. The van der Waals surface area contributed by atoms with Gasteiger partial charge in [-0.2, -0.15) is 13.5 Å². The number of H-pyrrole nitrogens is 1. The molecule has 0 amide bonds. The standard InChI is InChI=1S/C16H16ClN5O4S2/c17-12-3-1-11(2-4-12)14-7-15(21-28(25,26)16-8-18-10-19-16)22(20-14)13-5-6-27(23,24)9-13/h1-4,7-8,10,13,21H,5-6,9H2,(H,18,19). The molecule has 3 aromatic rings. The zero-order chi connectivity index (χ0) is 19.9. The van der Waals surface area contributed by atoms with Gasteiger partial charge in [-0.05, 0) is 18.6 Å². The van der Waals surface area contributed by atoms with Crippen molar-refractivity contribution in [3.63, 3.8) is 0 Å². The van der Waals surface area contributed by atoms with E-state index in [1.54, 1.807) is 30.3 Å². The van der Waals surface area contributed by atoms with Crippen LogP contribution >= 0.6 is 11.6 Å². The fraction of sp³-hybridized carbons (Fsp3) is 0.250. The summed E-state index contributed by atoms with van der Waals surface area (Å²) >= 11 is 5.92. The Morgan fingerprint density at radius 2 is 2.00 bits per heavy atom. The Hall–Kier alpha value is -2.37. The normalized spacial score (nSPS) is 19.0. The fourth-order valence-corrected chi connectivity index (χ4v) is 5.82. The number of benzene rings is 1. The van der Waals surface area contributed by atoms with E-state index < -0.39 is 25.9 Å². The van der Waals surface area contributed by atoms with E-state index >= 15 is 0 Å². The highest BCUT2D eigenvalue weighted by Crippen LogP contribution is 2.31. The van der Waals surface area contributed by atoms with Crippen molar-refractivity contribution in [2.45, 2.75) is 17.5 Å². The van der Waals surface area contributed by atoms with Crippen LogP contribution in [0.4, 0.5) is 5.82 Å². The number of aromatic amines is 1. The molecular formula is C16H16ClN5O4S2. The Morgan fingerprint density at radius 3 is 2.61 bits per heavy atom. The molecule has 0 bridgehead atoms. The number of imidazole rings is 1. The number of sulfonamides is 1. The van der Waals surface area contributed by atoms with Crippen molar-refractivity contribution in [2.24, 2.45) is 0 Å². The minimum absolute atomic E-state index is 0.0422. The Kier molecular flexibility index (Phi) is 4.68. The van der Waals surface area contributed by atoms with Crippen LogP contribution in [0.5, 0.6) is 0 Å². The third-order valence-electron chi connectivity index (χ3n) is 4.43. The van der Waals surface area contributed by atoms with Crippen molar-refractivity contribution in [2.75, 3.05) is 16.2 Å². The summed E-state index contributed by atoms with van der Waals surface area (Å²) in [7, 11) is -7.11. The summed E-state index contributed by atoms with van der Waals surface area (Å²) in [5.74, 6) is 0.135. The molecule has 9 nitrogen and oxygen atoms in total. The molecule has 1 aromatic carbocycles. The van der Waals surface area contributed by atoms with Gasteiger partial charge in [0.2, 0.25) is 0 Å². The van der Waals surface area contributed by atoms with E-state index in [1.807, 2.05) is 0 Å². The molecule has 1 saturated heterocycles. The molecule has 0 radical (unpaired) electrons. The molecule has 1 fully saturated rings. The van der Waals surface area contributed by atoms with Crippen LogP contribution in [-0.4, -0.2) is 48.1 Å². The molecule has 2 aromatic heterocycles. The first-order chi connectivity index (χ1) is 13.2. The first-order valence-electron chi connectivity index (χ1n) is 8.31. The highest BCUT2D eigenvalue weighted by Gasteiger charge is 2.32. The monoisotopic (exact) mass is 441 g/mol. The molecule has 148 valence electrons. The molecule has 1 aliphatic heterocycles. The molecule has 0 saturated carbocycles. The van der Waals surface area contributed by atoms with Crippen LogP contribution in [0.25, 0.3) is 11.3 Å². The van der Waals surface area contributed by atoms with Crippen LogP contribution in [0.1, 0.15) is 12.5 Å². The number of sulfone groups is 1. The van der Waals surface area contributed by atoms with Gasteiger partial charge in [-0.3, -0.25) is 4.72 Å². The van der Waals surface area contributed by atoms with Crippen LogP contribution in [0.2, 0.25) is 5.02 Å². The Balaban J connectivity index is 1.76. The zero-order valence-corrected chi connectivity index (χ0v) is 16.8. The van der Waals surface area contributed by atoms with Crippen LogP contribution < -0.4 is 4.72 Å². The number of nitrogens with one attached hydrogen (secondary N) is 2. The second kappa shape index (κ2) is 6.90. The van der Waals surface area contributed by atoms with E-state index in [-0.39, 0.29) is 22.3 Å². The van der Waals surface area contributed by atoms with E-state index in [9.17, 15) is 16.8 Å². The Bertz CT molecular complexity index is 1200. The van der Waals surface area contributed by atoms with Gasteiger partial charge in [0.25, 0.3) is 10.0 Å². The summed E-state index contributed by atoms with van der Waals surface area (Å²) in [5.41, 5.74) is 1.23. The van der Waals surface area contributed by atoms with E-state index in [0.717, 1.165) is 5.56 Å². The van der Waals surface area contributed by atoms with Gasteiger partial charge in [0.1, 0.15) is 5.82 Å². The smallest absolute Gasteiger partial charge is 0.280 e. The van der Waals surface area contributed by atoms with Crippen molar-refractivity contribution in [1.29, 1.82) is 0 Å². The van der Waals surface area contributed by atoms with Crippen molar-refractivity contribution >= 4 is 37.3 Å². The highest BCUT2D eigenvalue weighted by molar-refractivity contribution is 7.92. The average molecular weight is 442 g/mol. The first kappa shape index (κ1) is 19.0. The minimum atomic E-state index is -3.93. The first-order valence-corrected chi connectivity index (χ1v) is 12.0. The lowest BCUT2D eigenvalue weighted by atomic mass is 10.1. The topological polar surface area (TPSA) is 127 Å². The molecule has 0 aliphatic carbocycles. The number of aromatic nitrogens is 4. The van der Waals surface area contributed by atoms with Crippen LogP contribution in [0, 0.1) is 0 Å². The molecule has 4 rings (SSSR count). The predicted molar refractivity (Wildman–Crippen MR) is 104 cm³/mol. The van der Waals surface area contributed by atoms with Gasteiger partial charge in [-0.25, -0.2) is 18.1 Å². The van der Waals surface area contributed by atoms with Gasteiger partial charge < -0.3 is 4.98 Å². The quantitative estimate of drug-likeness (QED) is 0.624. The van der Waals surface area contributed by atoms with Gasteiger partial charge >= 0.3 is 0 Å². The molecule has 1 unspecified atom stereocenters. The van der Waals surface area contributed by atoms with Crippen molar-refractivity contribution < 1.29 is 16.8 Å². The summed E-state index contributed by atoms with van der Waals surface area (Å²) in [6, 6.07) is 8.03. The van der Waals surface area contributed by atoms with Crippen molar-refractivity contribution in [3.05, 3.63) is 47.9 Å². The lowest BCUT2D eigenvalue weighted by Gasteiger charge is -2.14. The molecule has 1 aliphatic rings. The maximum Gasteiger partial charge on any atom is 0.280 e. The molecule has 28 heavy (non-hydrogen) atoms. The van der Waals surface area contributed by atoms with Crippen LogP contribution in [0.15, 0.2) is 47.9 Å². The Labute approximate surface area is 166 Å². The predicted octanol–water partition coefficient (Wildman–Crippen LogP) is 2.09. The van der Waals surface area contributed by atoms with Gasteiger partial charge in [0.05, 0.1) is 35.8 Å². The van der Waals surface area contributed by atoms with Crippen molar-refractivity contribution in [1.82, 2.24) is 19.7 Å². The highest BCUT2D eigenvalue weighted by atomic mass is 35.5. The molecule has 12 heteroatoms. The zero-order valence-electron chi connectivity index (χ0n) is 14.4. The molecule has 2 N–H and O–H groups in total. The average Bonchev–Trinajstić information content (AvgIpc) is 3.35. The second-order valence-electron chi connectivity index (χ2n) is 6.44. The summed E-state index contributed by atoms with van der Waals surface area (Å²) in [6.07, 6.45) is 2.81. The summed E-state index contributed by atoms with van der Waals surface area (Å²) in [5, 5.41) is 4.94. The van der Waals surface area contributed by atoms with Gasteiger partial charge in [-0.15, -0.1) is 0 Å². The number of rotatable bonds is 5. The van der Waals surface area contributed by atoms with E-state index in [4.69, 9.17) is 11.6 Å². The van der Waals surface area contributed by atoms with Gasteiger partial charge in [0, 0.05) is 16.7 Å². The van der Waals surface area contributed by atoms with Crippen LogP contribution in [0.3, 0.4) is 0 Å². The molecule has 1 atom stereocenters. The van der Waals surface area contributed by atoms with Crippen LogP contribution in [-0.2, 0) is 19.9 Å². The SMILES string of the molecule is O=S1(=O)CCC(n2nc(-c3ccc(Cl)cc3)cc2NS(=O)(=O)c2cnc[nH]2)C1. The van der Waals surface area contributed by atoms with E-state index in [0.29, 0.717) is 17.1 Å².